The van der Waals surface area contributed by atoms with Crippen molar-refractivity contribution >= 4 is 15.8 Å². The zero-order valence-electron chi connectivity index (χ0n) is 9.10. The van der Waals surface area contributed by atoms with Gasteiger partial charge >= 0.3 is 0 Å². The molecular weight excluding hydrogens is 218 g/mol. The van der Waals surface area contributed by atoms with Crippen LogP contribution in [-0.2, 0) is 19.6 Å². The van der Waals surface area contributed by atoms with E-state index in [9.17, 15) is 13.2 Å². The number of ether oxygens (including phenoxy) is 1. The molecule has 1 aliphatic heterocycles. The van der Waals surface area contributed by atoms with E-state index >= 15 is 0 Å². The van der Waals surface area contributed by atoms with Gasteiger partial charge in [-0.05, 0) is 0 Å². The van der Waals surface area contributed by atoms with Gasteiger partial charge in [-0.2, -0.15) is 0 Å². The minimum absolute atomic E-state index is 0.00951. The number of Topliss-reactive ketones (excluding diaryl/α,β-unsaturated/α-hetero) is 1. The first-order valence-corrected chi connectivity index (χ1v) is 6.58. The van der Waals surface area contributed by atoms with E-state index in [1.165, 1.54) is 11.4 Å². The number of methoxy groups -OCH3 is 1. The summed E-state index contributed by atoms with van der Waals surface area (Å²) in [5.41, 5.74) is 0. The van der Waals surface area contributed by atoms with Crippen LogP contribution in [0.1, 0.15) is 13.3 Å². The predicted octanol–water partition coefficient (Wildman–Crippen LogP) is -0.127. The Kier molecular flexibility index (Phi) is 4.24. The number of hydrogen-bond donors (Lipinski definition) is 0. The van der Waals surface area contributed by atoms with Crippen molar-refractivity contribution in [3.05, 3.63) is 0 Å². The zero-order valence-corrected chi connectivity index (χ0v) is 9.92. The number of piperidine rings is 1. The van der Waals surface area contributed by atoms with Crippen molar-refractivity contribution in [2.75, 3.05) is 32.6 Å². The lowest BCUT2D eigenvalue weighted by atomic mass is 10.0. The Labute approximate surface area is 90.4 Å². The first-order valence-electron chi connectivity index (χ1n) is 4.97. The number of nitrogens with zero attached hydrogens (tertiary/aromatic N) is 1. The molecule has 0 bridgehead atoms. The van der Waals surface area contributed by atoms with Gasteiger partial charge in [-0.1, -0.05) is 6.92 Å². The van der Waals surface area contributed by atoms with Crippen LogP contribution in [0.15, 0.2) is 0 Å². The number of rotatable bonds is 4. The van der Waals surface area contributed by atoms with Gasteiger partial charge < -0.3 is 4.74 Å². The summed E-state index contributed by atoms with van der Waals surface area (Å²) in [6, 6.07) is 0. The molecule has 0 amide bonds. The third kappa shape index (κ3) is 3.25. The summed E-state index contributed by atoms with van der Waals surface area (Å²) in [5.74, 6) is -0.0472. The van der Waals surface area contributed by atoms with Crippen molar-refractivity contribution < 1.29 is 17.9 Å². The van der Waals surface area contributed by atoms with Crippen LogP contribution in [0.25, 0.3) is 0 Å². The number of ketones is 1. The summed E-state index contributed by atoms with van der Waals surface area (Å²) in [4.78, 5) is 11.2. The molecule has 1 rings (SSSR count). The van der Waals surface area contributed by atoms with Crippen LogP contribution in [0.5, 0.6) is 0 Å². The molecule has 1 fully saturated rings. The third-order valence-electron chi connectivity index (χ3n) is 2.57. The molecule has 1 aliphatic rings. The quantitative estimate of drug-likeness (QED) is 0.681. The molecule has 1 heterocycles. The molecule has 0 radical (unpaired) electrons. The highest BCUT2D eigenvalue weighted by atomic mass is 32.2. The molecule has 88 valence electrons. The molecule has 0 aromatic carbocycles. The molecule has 0 aromatic heterocycles. The van der Waals surface area contributed by atoms with Gasteiger partial charge in [0.25, 0.3) is 0 Å². The zero-order chi connectivity index (χ0) is 11.5. The molecule has 5 nitrogen and oxygen atoms in total. The van der Waals surface area contributed by atoms with Gasteiger partial charge in [0.05, 0.1) is 12.4 Å². The Balaban J connectivity index is 2.60. The van der Waals surface area contributed by atoms with Crippen molar-refractivity contribution in [1.82, 2.24) is 4.31 Å². The normalized spacial score (nSPS) is 24.4. The van der Waals surface area contributed by atoms with Crippen LogP contribution < -0.4 is 0 Å². The second-order valence-electron chi connectivity index (χ2n) is 3.78. The number of sulfonamides is 1. The number of carbonyl (C=O) groups is 1. The Morgan fingerprint density at radius 2 is 2.20 bits per heavy atom. The molecule has 0 aliphatic carbocycles. The van der Waals surface area contributed by atoms with E-state index in [1.807, 2.05) is 0 Å². The van der Waals surface area contributed by atoms with Crippen LogP contribution in [-0.4, -0.2) is 51.1 Å². The Morgan fingerprint density at radius 1 is 1.53 bits per heavy atom. The first-order chi connectivity index (χ1) is 6.97. The van der Waals surface area contributed by atoms with Crippen LogP contribution in [0, 0.1) is 5.92 Å². The average Bonchev–Trinajstić information content (AvgIpc) is 2.19. The van der Waals surface area contributed by atoms with Gasteiger partial charge in [0.15, 0.2) is 0 Å². The standard InChI is InChI=1S/C9H17NO4S/c1-8-7-10(4-3-9(8)11)15(12,13)6-5-14-2/h8H,3-7H2,1-2H3. The van der Waals surface area contributed by atoms with Gasteiger partial charge in [0, 0.05) is 32.5 Å². The lowest BCUT2D eigenvalue weighted by Crippen LogP contribution is -2.44. The van der Waals surface area contributed by atoms with Crippen molar-refractivity contribution in [2.45, 2.75) is 13.3 Å². The van der Waals surface area contributed by atoms with Gasteiger partial charge in [-0.25, -0.2) is 12.7 Å². The minimum Gasteiger partial charge on any atom is -0.384 e. The van der Waals surface area contributed by atoms with Gasteiger partial charge in [0.2, 0.25) is 10.0 Å². The van der Waals surface area contributed by atoms with Crippen LogP contribution in [0.3, 0.4) is 0 Å². The largest absolute Gasteiger partial charge is 0.384 e. The Morgan fingerprint density at radius 3 is 2.73 bits per heavy atom. The maximum Gasteiger partial charge on any atom is 0.216 e. The summed E-state index contributed by atoms with van der Waals surface area (Å²) in [6.45, 7) is 2.58. The molecule has 6 heteroatoms. The molecule has 0 saturated carbocycles. The second kappa shape index (κ2) is 5.05. The Hall–Kier alpha value is -0.460. The summed E-state index contributed by atoms with van der Waals surface area (Å²) in [6.07, 6.45) is 0.327. The smallest absolute Gasteiger partial charge is 0.216 e. The van der Waals surface area contributed by atoms with E-state index in [1.54, 1.807) is 6.92 Å². The maximum atomic E-state index is 11.7. The molecular formula is C9H17NO4S. The topological polar surface area (TPSA) is 63.7 Å². The van der Waals surface area contributed by atoms with Crippen molar-refractivity contribution in [1.29, 1.82) is 0 Å². The summed E-state index contributed by atoms with van der Waals surface area (Å²) in [5, 5.41) is 0. The van der Waals surface area contributed by atoms with Crippen LogP contribution in [0.4, 0.5) is 0 Å². The SMILES string of the molecule is COCCS(=O)(=O)N1CCC(=O)C(C)C1. The number of hydrogen-bond acceptors (Lipinski definition) is 4. The highest BCUT2D eigenvalue weighted by Crippen LogP contribution is 2.15. The second-order valence-corrected chi connectivity index (χ2v) is 5.87. The Bertz CT molecular complexity index is 325. The van der Waals surface area contributed by atoms with E-state index in [4.69, 9.17) is 4.74 Å². The van der Waals surface area contributed by atoms with E-state index in [0.29, 0.717) is 19.5 Å². The fourth-order valence-corrected chi connectivity index (χ4v) is 3.01. The van der Waals surface area contributed by atoms with Crippen LogP contribution in [0.2, 0.25) is 0 Å². The molecule has 15 heavy (non-hydrogen) atoms. The summed E-state index contributed by atoms with van der Waals surface area (Å²) < 4.78 is 29.6. The fourth-order valence-electron chi connectivity index (χ4n) is 1.55. The average molecular weight is 235 g/mol. The van der Waals surface area contributed by atoms with Gasteiger partial charge in [0.1, 0.15) is 5.78 Å². The van der Waals surface area contributed by atoms with Crippen molar-refractivity contribution in [2.24, 2.45) is 5.92 Å². The highest BCUT2D eigenvalue weighted by Gasteiger charge is 2.30. The van der Waals surface area contributed by atoms with E-state index < -0.39 is 10.0 Å². The van der Waals surface area contributed by atoms with E-state index in [2.05, 4.69) is 0 Å². The molecule has 1 unspecified atom stereocenters. The maximum absolute atomic E-state index is 11.7. The molecule has 0 N–H and O–H groups in total. The van der Waals surface area contributed by atoms with E-state index in [0.717, 1.165) is 0 Å². The summed E-state index contributed by atoms with van der Waals surface area (Å²) in [7, 11) is -1.78. The first kappa shape index (κ1) is 12.6. The van der Waals surface area contributed by atoms with Crippen molar-refractivity contribution in [3.8, 4) is 0 Å². The highest BCUT2D eigenvalue weighted by molar-refractivity contribution is 7.89. The predicted molar refractivity (Wildman–Crippen MR) is 56.0 cm³/mol. The van der Waals surface area contributed by atoms with E-state index in [-0.39, 0.29) is 24.1 Å². The lowest BCUT2D eigenvalue weighted by Gasteiger charge is -2.29. The third-order valence-corrected chi connectivity index (χ3v) is 4.37. The van der Waals surface area contributed by atoms with Gasteiger partial charge in [-0.3, -0.25) is 4.79 Å². The molecule has 1 atom stereocenters. The fraction of sp³-hybridized carbons (Fsp3) is 0.889. The lowest BCUT2D eigenvalue weighted by molar-refractivity contribution is -0.124. The molecule has 0 aromatic rings. The number of carbonyl (C=O) groups excluding carboxylic acids is 1. The van der Waals surface area contributed by atoms with Crippen molar-refractivity contribution in [3.63, 3.8) is 0 Å². The molecule has 0 spiro atoms. The molecule has 1 saturated heterocycles. The van der Waals surface area contributed by atoms with Gasteiger partial charge in [-0.15, -0.1) is 0 Å². The van der Waals surface area contributed by atoms with Crippen LogP contribution >= 0.6 is 0 Å². The monoisotopic (exact) mass is 235 g/mol. The summed E-state index contributed by atoms with van der Waals surface area (Å²) >= 11 is 0. The minimum atomic E-state index is -3.25.